The van der Waals surface area contributed by atoms with E-state index in [2.05, 4.69) is 11.9 Å². The first-order chi connectivity index (χ1) is 11.5. The number of carbonyl (C=O) groups excluding carboxylic acids is 1. The third-order valence-electron chi connectivity index (χ3n) is 6.21. The molecule has 1 saturated heterocycles. The van der Waals surface area contributed by atoms with E-state index in [9.17, 15) is 9.90 Å². The topological polar surface area (TPSA) is 59.0 Å². The summed E-state index contributed by atoms with van der Waals surface area (Å²) in [4.78, 5) is 15.0. The van der Waals surface area contributed by atoms with Crippen molar-refractivity contribution in [2.24, 2.45) is 5.92 Å². The van der Waals surface area contributed by atoms with Crippen molar-refractivity contribution in [1.82, 2.24) is 4.90 Å². The Morgan fingerprint density at radius 3 is 2.79 bits per heavy atom. The van der Waals surface area contributed by atoms with Crippen molar-refractivity contribution in [3.05, 3.63) is 35.1 Å². The van der Waals surface area contributed by atoms with Gasteiger partial charge in [0.15, 0.2) is 23.0 Å². The molecule has 1 aromatic rings. The van der Waals surface area contributed by atoms with Gasteiger partial charge < -0.3 is 19.5 Å². The lowest BCUT2D eigenvalue weighted by Crippen LogP contribution is -2.60. The maximum atomic E-state index is 12.6. The predicted molar refractivity (Wildman–Crippen MR) is 89.3 cm³/mol. The summed E-state index contributed by atoms with van der Waals surface area (Å²) in [6.45, 7) is 0.917. The van der Waals surface area contributed by atoms with E-state index in [0.29, 0.717) is 24.0 Å². The van der Waals surface area contributed by atoms with Crippen molar-refractivity contribution in [2.75, 3.05) is 27.8 Å². The summed E-state index contributed by atoms with van der Waals surface area (Å²) >= 11 is 0. The Hall–Kier alpha value is -2.01. The highest BCUT2D eigenvalue weighted by atomic mass is 16.5. The van der Waals surface area contributed by atoms with E-state index in [-0.39, 0.29) is 22.9 Å². The molecule has 1 aromatic carbocycles. The van der Waals surface area contributed by atoms with E-state index in [4.69, 9.17) is 9.47 Å². The lowest BCUT2D eigenvalue weighted by molar-refractivity contribution is -0.122. The monoisotopic (exact) mass is 329 g/mol. The van der Waals surface area contributed by atoms with Crippen LogP contribution in [-0.2, 0) is 21.4 Å². The van der Waals surface area contributed by atoms with E-state index in [1.165, 1.54) is 0 Å². The van der Waals surface area contributed by atoms with Gasteiger partial charge in [0.25, 0.3) is 0 Å². The molecule has 3 aliphatic rings. The van der Waals surface area contributed by atoms with Gasteiger partial charge in [-0.25, -0.2) is 0 Å². The second kappa shape index (κ2) is 5.24. The van der Waals surface area contributed by atoms with E-state index in [0.717, 1.165) is 30.5 Å². The maximum absolute atomic E-state index is 12.6. The molecule has 1 fully saturated rings. The maximum Gasteiger partial charge on any atom is 0.197 e. The van der Waals surface area contributed by atoms with Crippen LogP contribution in [0.3, 0.4) is 0 Å². The number of likely N-dealkylation sites (N-methyl/N-ethyl adjacent to an activating group) is 1. The van der Waals surface area contributed by atoms with Gasteiger partial charge in [0.05, 0.1) is 14.2 Å². The molecule has 1 heterocycles. The van der Waals surface area contributed by atoms with Crippen molar-refractivity contribution < 1.29 is 19.4 Å². The van der Waals surface area contributed by atoms with Crippen LogP contribution in [0.1, 0.15) is 24.0 Å². The lowest BCUT2D eigenvalue weighted by atomic mass is 9.53. The van der Waals surface area contributed by atoms with Crippen LogP contribution in [0.25, 0.3) is 0 Å². The SMILES string of the molecule is COC1=C[C@@H]2[C@H]3Cc4ccc(OC)c(O)c4C2(CCN3C)CC1=O. The van der Waals surface area contributed by atoms with Gasteiger partial charge >= 0.3 is 0 Å². The average molecular weight is 329 g/mol. The second-order valence-electron chi connectivity index (χ2n) is 7.17. The first-order valence-corrected chi connectivity index (χ1v) is 8.40. The minimum Gasteiger partial charge on any atom is -0.504 e. The van der Waals surface area contributed by atoms with Gasteiger partial charge in [-0.15, -0.1) is 0 Å². The van der Waals surface area contributed by atoms with Crippen LogP contribution in [-0.4, -0.2) is 49.6 Å². The lowest BCUT2D eigenvalue weighted by Gasteiger charge is -2.56. The van der Waals surface area contributed by atoms with Gasteiger partial charge in [-0.2, -0.15) is 0 Å². The average Bonchev–Trinajstić information content (AvgIpc) is 2.57. The number of carbonyl (C=O) groups is 1. The summed E-state index contributed by atoms with van der Waals surface area (Å²) in [6.07, 6.45) is 4.08. The number of hydrogen-bond donors (Lipinski definition) is 1. The fourth-order valence-corrected chi connectivity index (χ4v) is 5.03. The molecule has 3 atom stereocenters. The smallest absolute Gasteiger partial charge is 0.197 e. The number of ether oxygens (including phenoxy) is 2. The van der Waals surface area contributed by atoms with Gasteiger partial charge in [0.1, 0.15) is 0 Å². The molecular weight excluding hydrogens is 306 g/mol. The van der Waals surface area contributed by atoms with Gasteiger partial charge in [-0.3, -0.25) is 4.79 Å². The summed E-state index contributed by atoms with van der Waals surface area (Å²) in [6, 6.07) is 4.18. The molecule has 24 heavy (non-hydrogen) atoms. The molecule has 2 bridgehead atoms. The minimum atomic E-state index is -0.359. The van der Waals surface area contributed by atoms with Crippen LogP contribution < -0.4 is 4.74 Å². The number of allylic oxidation sites excluding steroid dienone is 1. The van der Waals surface area contributed by atoms with Crippen LogP contribution in [0.5, 0.6) is 11.5 Å². The Morgan fingerprint density at radius 1 is 1.29 bits per heavy atom. The zero-order valence-corrected chi connectivity index (χ0v) is 14.3. The van der Waals surface area contributed by atoms with Crippen molar-refractivity contribution in [1.29, 1.82) is 0 Å². The Bertz CT molecular complexity index is 741. The Morgan fingerprint density at radius 2 is 2.08 bits per heavy atom. The molecule has 5 heteroatoms. The number of phenols is 1. The molecule has 4 rings (SSSR count). The molecular formula is C19H23NO4. The molecule has 0 radical (unpaired) electrons. The highest BCUT2D eigenvalue weighted by Crippen LogP contribution is 2.57. The van der Waals surface area contributed by atoms with E-state index in [1.54, 1.807) is 14.2 Å². The number of rotatable bonds is 2. The van der Waals surface area contributed by atoms with Crippen LogP contribution >= 0.6 is 0 Å². The number of hydrogen-bond acceptors (Lipinski definition) is 5. The highest BCUT2D eigenvalue weighted by Gasteiger charge is 2.56. The van der Waals surface area contributed by atoms with Crippen molar-refractivity contribution >= 4 is 5.78 Å². The Labute approximate surface area is 141 Å². The van der Waals surface area contributed by atoms with E-state index in [1.807, 2.05) is 18.2 Å². The second-order valence-corrected chi connectivity index (χ2v) is 7.17. The van der Waals surface area contributed by atoms with Crippen LogP contribution in [0.15, 0.2) is 24.0 Å². The number of likely N-dealkylation sites (tertiary alicyclic amines) is 1. The molecule has 128 valence electrons. The Balaban J connectivity index is 1.97. The molecule has 0 saturated carbocycles. The molecule has 0 amide bonds. The molecule has 1 N–H and O–H groups in total. The van der Waals surface area contributed by atoms with E-state index < -0.39 is 0 Å². The summed E-state index contributed by atoms with van der Waals surface area (Å²) in [7, 11) is 5.25. The fourth-order valence-electron chi connectivity index (χ4n) is 5.03. The van der Waals surface area contributed by atoms with Gasteiger partial charge in [-0.05, 0) is 44.1 Å². The molecule has 1 unspecified atom stereocenters. The van der Waals surface area contributed by atoms with Crippen molar-refractivity contribution in [2.45, 2.75) is 30.7 Å². The quantitative estimate of drug-likeness (QED) is 0.899. The number of phenolic OH excluding ortho intramolecular Hbond substituents is 1. The predicted octanol–water partition coefficient (Wildman–Crippen LogP) is 2.02. The first-order valence-electron chi connectivity index (χ1n) is 8.40. The number of benzene rings is 1. The molecule has 5 nitrogen and oxygen atoms in total. The van der Waals surface area contributed by atoms with Crippen molar-refractivity contribution in [3.63, 3.8) is 0 Å². The number of piperidine rings is 1. The molecule has 0 spiro atoms. The number of ketones is 1. The van der Waals surface area contributed by atoms with Gasteiger partial charge in [-0.1, -0.05) is 6.07 Å². The number of fused-ring (bicyclic) bond motifs is 1. The summed E-state index contributed by atoms with van der Waals surface area (Å²) < 4.78 is 10.6. The highest BCUT2D eigenvalue weighted by molar-refractivity contribution is 5.96. The zero-order valence-electron chi connectivity index (χ0n) is 14.3. The minimum absolute atomic E-state index is 0.0205. The van der Waals surface area contributed by atoms with Crippen molar-refractivity contribution in [3.8, 4) is 11.5 Å². The summed E-state index contributed by atoms with van der Waals surface area (Å²) in [5.41, 5.74) is 1.68. The Kier molecular flexibility index (Phi) is 3.39. The normalized spacial score (nSPS) is 31.8. The van der Waals surface area contributed by atoms with Gasteiger partial charge in [0, 0.05) is 29.4 Å². The molecule has 2 aliphatic carbocycles. The zero-order chi connectivity index (χ0) is 17.1. The summed E-state index contributed by atoms with van der Waals surface area (Å²) in [5.74, 6) is 1.32. The number of aromatic hydroxyl groups is 1. The standard InChI is InChI=1S/C19H23NO4/c1-20-7-6-19-10-14(21)16(24-3)9-12(19)13(20)8-11-4-5-15(23-2)18(22)17(11)19/h4-5,9,12-13,22H,6-8,10H2,1-3H3/t12-,13-,19?/m1/s1. The number of Topliss-reactive ketones (excluding diaryl/α,β-unsaturated/α-hetero) is 1. The third-order valence-corrected chi connectivity index (χ3v) is 6.21. The largest absolute Gasteiger partial charge is 0.504 e. The first kappa shape index (κ1) is 15.5. The van der Waals surface area contributed by atoms with Gasteiger partial charge in [0.2, 0.25) is 0 Å². The fraction of sp³-hybridized carbons (Fsp3) is 0.526. The van der Waals surface area contributed by atoms with E-state index >= 15 is 0 Å². The number of nitrogens with zero attached hydrogens (tertiary/aromatic N) is 1. The number of methoxy groups -OCH3 is 2. The third kappa shape index (κ3) is 1.88. The van der Waals surface area contributed by atoms with Crippen LogP contribution in [0, 0.1) is 5.92 Å². The molecule has 1 aliphatic heterocycles. The van der Waals surface area contributed by atoms with Crippen LogP contribution in [0.2, 0.25) is 0 Å². The van der Waals surface area contributed by atoms with Crippen LogP contribution in [0.4, 0.5) is 0 Å². The summed E-state index contributed by atoms with van der Waals surface area (Å²) in [5, 5.41) is 10.9. The molecule has 0 aromatic heterocycles.